The molecule has 0 bridgehead atoms. The minimum Gasteiger partial charge on any atom is -0.457 e. The summed E-state index contributed by atoms with van der Waals surface area (Å²) in [4.78, 5) is 0. The Bertz CT molecular complexity index is 407. The summed E-state index contributed by atoms with van der Waals surface area (Å²) in [7, 11) is 0. The van der Waals surface area contributed by atoms with Gasteiger partial charge < -0.3 is 4.74 Å². The van der Waals surface area contributed by atoms with Crippen molar-refractivity contribution in [3.8, 4) is 11.5 Å². The van der Waals surface area contributed by atoms with E-state index in [2.05, 4.69) is 6.07 Å². The van der Waals surface area contributed by atoms with Crippen molar-refractivity contribution in [1.29, 1.82) is 0 Å². The van der Waals surface area contributed by atoms with E-state index in [-0.39, 0.29) is 0 Å². The van der Waals surface area contributed by atoms with Gasteiger partial charge in [-0.15, -0.1) is 0 Å². The number of para-hydroxylation sites is 1. The molecule has 0 aliphatic carbocycles. The zero-order valence-corrected chi connectivity index (χ0v) is 8.03. The van der Waals surface area contributed by atoms with Gasteiger partial charge in [0.2, 0.25) is 0 Å². The Kier molecular flexibility index (Phi) is 2.50. The second kappa shape index (κ2) is 3.97. The summed E-state index contributed by atoms with van der Waals surface area (Å²) in [5.74, 6) is 1.75. The van der Waals surface area contributed by atoms with Gasteiger partial charge in [0.25, 0.3) is 0 Å². The Balaban J connectivity index is 2.24. The number of benzene rings is 2. The highest BCUT2D eigenvalue weighted by molar-refractivity contribution is 5.36. The van der Waals surface area contributed by atoms with E-state index in [1.165, 1.54) is 0 Å². The monoisotopic (exact) mass is 183 g/mol. The molecule has 0 spiro atoms. The molecule has 69 valence electrons. The molecule has 1 nitrogen and oxygen atoms in total. The first kappa shape index (κ1) is 8.82. The first-order chi connectivity index (χ1) is 6.86. The van der Waals surface area contributed by atoms with Crippen molar-refractivity contribution in [1.82, 2.24) is 0 Å². The Hall–Kier alpha value is -1.76. The summed E-state index contributed by atoms with van der Waals surface area (Å²) in [5.41, 5.74) is 1.09. The van der Waals surface area contributed by atoms with Gasteiger partial charge in [-0.05, 0) is 42.8 Å². The highest BCUT2D eigenvalue weighted by Gasteiger charge is 1.98. The molecule has 0 heterocycles. The van der Waals surface area contributed by atoms with Gasteiger partial charge in [0.05, 0.1) is 0 Å². The first-order valence-electron chi connectivity index (χ1n) is 4.56. The molecule has 0 aliphatic rings. The van der Waals surface area contributed by atoms with Crippen LogP contribution in [0.25, 0.3) is 0 Å². The van der Waals surface area contributed by atoms with E-state index in [1.807, 2.05) is 55.5 Å². The fraction of sp³-hybridized carbons (Fsp3) is 0.0769. The fourth-order valence-corrected chi connectivity index (χ4v) is 1.23. The molecule has 0 fully saturated rings. The lowest BCUT2D eigenvalue weighted by Crippen LogP contribution is -1.86. The van der Waals surface area contributed by atoms with Gasteiger partial charge in [-0.25, -0.2) is 0 Å². The highest BCUT2D eigenvalue weighted by Crippen LogP contribution is 2.23. The molecule has 2 aromatic rings. The van der Waals surface area contributed by atoms with Crippen molar-refractivity contribution in [3.05, 3.63) is 60.2 Å². The van der Waals surface area contributed by atoms with Crippen LogP contribution >= 0.6 is 0 Å². The molecule has 0 aromatic heterocycles. The Morgan fingerprint density at radius 1 is 1.07 bits per heavy atom. The van der Waals surface area contributed by atoms with Crippen LogP contribution in [0.5, 0.6) is 11.5 Å². The smallest absolute Gasteiger partial charge is 0.130 e. The van der Waals surface area contributed by atoms with Crippen LogP contribution in [0.15, 0.2) is 48.5 Å². The standard InChI is InChI=1S/C13H11O/c1-11-7-5-6-10-13(11)14-12-8-3-2-4-9-12/h2-4,6-10H,1H3. The zero-order chi connectivity index (χ0) is 9.80. The van der Waals surface area contributed by atoms with Crippen LogP contribution in [0.4, 0.5) is 0 Å². The molecule has 2 rings (SSSR count). The predicted octanol–water partition coefficient (Wildman–Crippen LogP) is 3.59. The van der Waals surface area contributed by atoms with Gasteiger partial charge in [-0.1, -0.05) is 24.3 Å². The molecular formula is C13H11O. The van der Waals surface area contributed by atoms with Crippen LogP contribution in [-0.2, 0) is 0 Å². The van der Waals surface area contributed by atoms with Crippen molar-refractivity contribution < 1.29 is 4.74 Å². The van der Waals surface area contributed by atoms with Crippen LogP contribution in [0, 0.1) is 13.0 Å². The van der Waals surface area contributed by atoms with E-state index < -0.39 is 0 Å². The molecule has 2 aromatic carbocycles. The maximum absolute atomic E-state index is 5.69. The molecule has 0 unspecified atom stereocenters. The second-order valence-electron chi connectivity index (χ2n) is 3.11. The van der Waals surface area contributed by atoms with Crippen molar-refractivity contribution in [2.24, 2.45) is 0 Å². The van der Waals surface area contributed by atoms with E-state index in [9.17, 15) is 0 Å². The van der Waals surface area contributed by atoms with Crippen LogP contribution < -0.4 is 4.74 Å². The summed E-state index contributed by atoms with van der Waals surface area (Å²) in [6.07, 6.45) is 0. The first-order valence-corrected chi connectivity index (χ1v) is 4.56. The van der Waals surface area contributed by atoms with Crippen LogP contribution in [0.1, 0.15) is 5.56 Å². The minimum absolute atomic E-state index is 0.863. The maximum atomic E-state index is 5.69. The van der Waals surface area contributed by atoms with Crippen LogP contribution in [0.2, 0.25) is 0 Å². The van der Waals surface area contributed by atoms with E-state index in [0.29, 0.717) is 0 Å². The average molecular weight is 183 g/mol. The van der Waals surface area contributed by atoms with E-state index in [0.717, 1.165) is 17.1 Å². The number of hydrogen-bond donors (Lipinski definition) is 0. The van der Waals surface area contributed by atoms with Crippen LogP contribution in [-0.4, -0.2) is 0 Å². The van der Waals surface area contributed by atoms with Gasteiger partial charge >= 0.3 is 0 Å². The van der Waals surface area contributed by atoms with Crippen molar-refractivity contribution in [2.45, 2.75) is 6.92 Å². The van der Waals surface area contributed by atoms with Crippen LogP contribution in [0.3, 0.4) is 0 Å². The highest BCUT2D eigenvalue weighted by atomic mass is 16.5. The van der Waals surface area contributed by atoms with E-state index in [4.69, 9.17) is 4.74 Å². The van der Waals surface area contributed by atoms with Gasteiger partial charge in [0, 0.05) is 0 Å². The third-order valence-electron chi connectivity index (χ3n) is 1.99. The summed E-state index contributed by atoms with van der Waals surface area (Å²) in [5, 5.41) is 0. The minimum atomic E-state index is 0.863. The van der Waals surface area contributed by atoms with Gasteiger partial charge in [-0.2, -0.15) is 0 Å². The molecule has 0 saturated carbocycles. The lowest BCUT2D eigenvalue weighted by molar-refractivity contribution is 0.479. The van der Waals surface area contributed by atoms with Crippen molar-refractivity contribution >= 4 is 0 Å². The van der Waals surface area contributed by atoms with Gasteiger partial charge in [0.1, 0.15) is 11.5 Å². The third-order valence-corrected chi connectivity index (χ3v) is 1.99. The molecule has 14 heavy (non-hydrogen) atoms. The number of rotatable bonds is 2. The number of aryl methyl sites for hydroxylation is 1. The lowest BCUT2D eigenvalue weighted by Gasteiger charge is -2.07. The summed E-state index contributed by atoms with van der Waals surface area (Å²) < 4.78 is 5.69. The topological polar surface area (TPSA) is 9.23 Å². The Morgan fingerprint density at radius 2 is 1.86 bits per heavy atom. The molecule has 0 aliphatic heterocycles. The Morgan fingerprint density at radius 3 is 2.57 bits per heavy atom. The number of hydrogen-bond acceptors (Lipinski definition) is 1. The van der Waals surface area contributed by atoms with Gasteiger partial charge in [-0.3, -0.25) is 0 Å². The average Bonchev–Trinajstić information content (AvgIpc) is 2.23. The fourth-order valence-electron chi connectivity index (χ4n) is 1.23. The molecule has 1 radical (unpaired) electrons. The largest absolute Gasteiger partial charge is 0.457 e. The predicted molar refractivity (Wildman–Crippen MR) is 56.5 cm³/mol. The third kappa shape index (κ3) is 1.94. The van der Waals surface area contributed by atoms with Crippen molar-refractivity contribution in [3.63, 3.8) is 0 Å². The Labute approximate surface area is 84.0 Å². The lowest BCUT2D eigenvalue weighted by atomic mass is 10.2. The molecule has 0 saturated heterocycles. The molecule has 0 N–H and O–H groups in total. The number of ether oxygens (including phenoxy) is 1. The second-order valence-corrected chi connectivity index (χ2v) is 3.11. The summed E-state index contributed by atoms with van der Waals surface area (Å²) in [6.45, 7) is 2.01. The van der Waals surface area contributed by atoms with E-state index in [1.54, 1.807) is 0 Å². The molecule has 1 heteroatoms. The SMILES string of the molecule is Cc1c[c]ccc1Oc1ccccc1. The summed E-state index contributed by atoms with van der Waals surface area (Å²) >= 11 is 0. The van der Waals surface area contributed by atoms with E-state index >= 15 is 0 Å². The molecular weight excluding hydrogens is 172 g/mol. The quantitative estimate of drug-likeness (QED) is 0.691. The molecule has 0 atom stereocenters. The van der Waals surface area contributed by atoms with Crippen molar-refractivity contribution in [2.75, 3.05) is 0 Å². The molecule has 0 amide bonds. The normalized spacial score (nSPS) is 9.79. The maximum Gasteiger partial charge on any atom is 0.130 e. The van der Waals surface area contributed by atoms with Gasteiger partial charge in [0.15, 0.2) is 0 Å². The zero-order valence-electron chi connectivity index (χ0n) is 8.03. The summed E-state index contributed by atoms with van der Waals surface area (Å²) in [6, 6.07) is 18.5.